The molecule has 0 fully saturated rings. The smallest absolute Gasteiger partial charge is 0.160 e. The van der Waals surface area contributed by atoms with Crippen LogP contribution in [0.15, 0.2) is 243 Å². The van der Waals surface area contributed by atoms with E-state index >= 15 is 0 Å². The number of fused-ring (bicyclic) bond motifs is 5. The minimum atomic E-state index is -0.692. The summed E-state index contributed by atoms with van der Waals surface area (Å²) in [5.41, 5.74) is 18.1. The van der Waals surface area contributed by atoms with Crippen LogP contribution in [-0.4, -0.2) is 15.0 Å². The van der Waals surface area contributed by atoms with Crippen LogP contribution in [0, 0.1) is 11.3 Å². The Morgan fingerprint density at radius 1 is 0.388 bits per heavy atom. The third-order valence-corrected chi connectivity index (χ3v) is 13.3. The maximum atomic E-state index is 9.94. The summed E-state index contributed by atoms with van der Waals surface area (Å²) >= 11 is 0. The van der Waals surface area contributed by atoms with E-state index in [4.69, 9.17) is 9.97 Å². The molecule has 1 unspecified atom stereocenters. The van der Waals surface area contributed by atoms with Crippen LogP contribution in [0.3, 0.4) is 0 Å². The van der Waals surface area contributed by atoms with Crippen LogP contribution in [0.1, 0.15) is 27.8 Å². The van der Waals surface area contributed by atoms with Gasteiger partial charge in [-0.25, -0.2) is 9.97 Å². The molecule has 0 bridgehead atoms. The van der Waals surface area contributed by atoms with Crippen molar-refractivity contribution in [2.75, 3.05) is 0 Å². The van der Waals surface area contributed by atoms with Crippen molar-refractivity contribution in [1.82, 2.24) is 15.0 Å². The fourth-order valence-electron chi connectivity index (χ4n) is 10.1. The second kappa shape index (κ2) is 16.5. The first kappa shape index (κ1) is 39.5. The number of benzene rings is 9. The van der Waals surface area contributed by atoms with E-state index in [1.165, 1.54) is 38.6 Å². The second-order valence-electron chi connectivity index (χ2n) is 17.1. The van der Waals surface area contributed by atoms with Crippen LogP contribution in [0.25, 0.3) is 89.2 Å². The minimum Gasteiger partial charge on any atom is -0.264 e. The zero-order chi connectivity index (χ0) is 44.7. The SMILES string of the molecule is N#Cc1ccc(C2(c3ccccc3)c3cc(-c4cc(-c5cccnc5)cc(-c5cc(-c6ccc(-c7ccccc7)cc6)nc(-c6ccccc6)n5)c4)ccc3-c3ccc4ccccc4c32)cc1. The maximum absolute atomic E-state index is 9.94. The molecule has 0 saturated carbocycles. The highest BCUT2D eigenvalue weighted by Crippen LogP contribution is 2.59. The zero-order valence-electron chi connectivity index (χ0n) is 36.4. The normalized spacial score (nSPS) is 13.7. The van der Waals surface area contributed by atoms with Gasteiger partial charge in [-0.1, -0.05) is 182 Å². The average Bonchev–Trinajstić information content (AvgIpc) is 3.72. The lowest BCUT2D eigenvalue weighted by Crippen LogP contribution is -2.29. The predicted octanol–water partition coefficient (Wildman–Crippen LogP) is 15.3. The van der Waals surface area contributed by atoms with Crippen molar-refractivity contribution in [3.8, 4) is 84.5 Å². The summed E-state index contributed by atoms with van der Waals surface area (Å²) in [4.78, 5) is 15.1. The van der Waals surface area contributed by atoms with E-state index in [0.29, 0.717) is 11.4 Å². The van der Waals surface area contributed by atoms with E-state index < -0.39 is 5.41 Å². The molecule has 1 aliphatic carbocycles. The molecule has 1 atom stereocenters. The van der Waals surface area contributed by atoms with Crippen molar-refractivity contribution in [3.05, 3.63) is 271 Å². The van der Waals surface area contributed by atoms with Gasteiger partial charge in [-0.2, -0.15) is 5.26 Å². The van der Waals surface area contributed by atoms with E-state index in [-0.39, 0.29) is 0 Å². The maximum Gasteiger partial charge on any atom is 0.160 e. The third-order valence-electron chi connectivity index (χ3n) is 13.3. The molecule has 312 valence electrons. The molecule has 4 heteroatoms. The molecule has 12 rings (SSSR count). The molecule has 2 aromatic heterocycles. The minimum absolute atomic E-state index is 0.629. The summed E-state index contributed by atoms with van der Waals surface area (Å²) in [6.45, 7) is 0. The quantitative estimate of drug-likeness (QED) is 0.153. The number of rotatable bonds is 8. The van der Waals surface area contributed by atoms with Gasteiger partial charge in [-0.15, -0.1) is 0 Å². The fourth-order valence-corrected chi connectivity index (χ4v) is 10.1. The van der Waals surface area contributed by atoms with Gasteiger partial charge in [0.15, 0.2) is 5.82 Å². The molecule has 0 aliphatic heterocycles. The van der Waals surface area contributed by atoms with Crippen LogP contribution < -0.4 is 0 Å². The van der Waals surface area contributed by atoms with Crippen LogP contribution >= 0.6 is 0 Å². The molecule has 0 spiro atoms. The summed E-state index contributed by atoms with van der Waals surface area (Å²) in [5.74, 6) is 0.658. The summed E-state index contributed by atoms with van der Waals surface area (Å²) in [7, 11) is 0. The first-order chi connectivity index (χ1) is 33.1. The van der Waals surface area contributed by atoms with Crippen molar-refractivity contribution < 1.29 is 0 Å². The van der Waals surface area contributed by atoms with Crippen LogP contribution in [0.5, 0.6) is 0 Å². The van der Waals surface area contributed by atoms with E-state index in [2.05, 4.69) is 199 Å². The lowest BCUT2D eigenvalue weighted by molar-refractivity contribution is 0.775. The lowest BCUT2D eigenvalue weighted by Gasteiger charge is -2.35. The monoisotopic (exact) mass is 852 g/mol. The summed E-state index contributed by atoms with van der Waals surface area (Å²) in [5, 5.41) is 12.3. The molecule has 67 heavy (non-hydrogen) atoms. The van der Waals surface area contributed by atoms with E-state index in [0.717, 1.165) is 67.0 Å². The number of hydrogen-bond donors (Lipinski definition) is 0. The largest absolute Gasteiger partial charge is 0.264 e. The first-order valence-electron chi connectivity index (χ1n) is 22.5. The number of aromatic nitrogens is 3. The summed E-state index contributed by atoms with van der Waals surface area (Å²) < 4.78 is 0. The average molecular weight is 853 g/mol. The highest BCUT2D eigenvalue weighted by molar-refractivity contribution is 6.01. The Labute approximate surface area is 389 Å². The Bertz CT molecular complexity index is 3660. The zero-order valence-corrected chi connectivity index (χ0v) is 36.4. The van der Waals surface area contributed by atoms with Crippen molar-refractivity contribution in [3.63, 3.8) is 0 Å². The Balaban J connectivity index is 1.08. The van der Waals surface area contributed by atoms with Gasteiger partial charge in [0.25, 0.3) is 0 Å². The van der Waals surface area contributed by atoms with Gasteiger partial charge in [-0.05, 0) is 121 Å². The Hall–Kier alpha value is -9.04. The molecular weight excluding hydrogens is 813 g/mol. The van der Waals surface area contributed by atoms with Crippen LogP contribution in [0.2, 0.25) is 0 Å². The predicted molar refractivity (Wildman–Crippen MR) is 272 cm³/mol. The molecule has 1 aliphatic rings. The Morgan fingerprint density at radius 3 is 1.67 bits per heavy atom. The molecule has 0 saturated heterocycles. The number of nitriles is 1. The molecule has 4 nitrogen and oxygen atoms in total. The fraction of sp³-hybridized carbons (Fsp3) is 0.0159. The van der Waals surface area contributed by atoms with Crippen molar-refractivity contribution >= 4 is 10.8 Å². The lowest BCUT2D eigenvalue weighted by atomic mass is 9.66. The third kappa shape index (κ3) is 6.90. The topological polar surface area (TPSA) is 62.5 Å². The van der Waals surface area contributed by atoms with E-state index in [1.807, 2.05) is 54.9 Å². The van der Waals surface area contributed by atoms with Gasteiger partial charge in [0.1, 0.15) is 0 Å². The van der Waals surface area contributed by atoms with Gasteiger partial charge in [0.05, 0.1) is 28.4 Å². The van der Waals surface area contributed by atoms with E-state index in [9.17, 15) is 5.26 Å². The molecule has 0 amide bonds. The van der Waals surface area contributed by atoms with Crippen molar-refractivity contribution in [2.45, 2.75) is 5.41 Å². The highest BCUT2D eigenvalue weighted by atomic mass is 14.9. The van der Waals surface area contributed by atoms with Gasteiger partial charge in [-0.3, -0.25) is 4.98 Å². The molecule has 0 radical (unpaired) electrons. The van der Waals surface area contributed by atoms with Gasteiger partial charge in [0.2, 0.25) is 0 Å². The molecule has 2 heterocycles. The van der Waals surface area contributed by atoms with Crippen molar-refractivity contribution in [2.24, 2.45) is 0 Å². The van der Waals surface area contributed by atoms with Gasteiger partial charge < -0.3 is 0 Å². The standard InChI is InChI=1S/C63H40N4/c64-40-42-22-30-54(31-23-42)63(53-19-8-3-9-20-53)58-38-48(29-32-56(58)57-33-28-45-15-10-11-21-55(45)61(57)63)50-35-51(49-18-12-34-65-41-49)37-52(36-50)60-39-59(66-62(67-60)47-16-6-2-7-17-47)46-26-24-44(25-27-46)43-13-4-1-5-14-43/h1-39,41H. The summed E-state index contributed by atoms with van der Waals surface area (Å²) in [6, 6.07) is 83.9. The number of hydrogen-bond acceptors (Lipinski definition) is 4. The Morgan fingerprint density at radius 2 is 0.955 bits per heavy atom. The summed E-state index contributed by atoms with van der Waals surface area (Å²) in [6.07, 6.45) is 3.74. The number of pyridine rings is 1. The molecule has 11 aromatic rings. The molecule has 9 aromatic carbocycles. The van der Waals surface area contributed by atoms with Crippen LogP contribution in [0.4, 0.5) is 0 Å². The Kier molecular flexibility index (Phi) is 9.74. The number of nitrogens with zero attached hydrogens (tertiary/aromatic N) is 4. The second-order valence-corrected chi connectivity index (χ2v) is 17.1. The molecule has 0 N–H and O–H groups in total. The van der Waals surface area contributed by atoms with Crippen LogP contribution in [-0.2, 0) is 5.41 Å². The molecular formula is C63H40N4. The van der Waals surface area contributed by atoms with Gasteiger partial charge >= 0.3 is 0 Å². The van der Waals surface area contributed by atoms with Crippen molar-refractivity contribution in [1.29, 1.82) is 5.26 Å². The highest BCUT2D eigenvalue weighted by Gasteiger charge is 2.47. The van der Waals surface area contributed by atoms with Gasteiger partial charge in [0, 0.05) is 34.6 Å². The first-order valence-corrected chi connectivity index (χ1v) is 22.5. The van der Waals surface area contributed by atoms with E-state index in [1.54, 1.807) is 0 Å².